The molecule has 1 unspecified atom stereocenters. The Labute approximate surface area is 98.6 Å². The van der Waals surface area contributed by atoms with Gasteiger partial charge in [-0.3, -0.25) is 4.79 Å². The van der Waals surface area contributed by atoms with Gasteiger partial charge in [0.05, 0.1) is 12.7 Å². The lowest BCUT2D eigenvalue weighted by atomic mass is 10.0. The largest absolute Gasteiger partial charge is 0.496 e. The zero-order valence-electron chi connectivity index (χ0n) is 9.64. The smallest absolute Gasteiger partial charge is 0.337 e. The van der Waals surface area contributed by atoms with Crippen molar-refractivity contribution in [2.24, 2.45) is 0 Å². The second-order valence-electron chi connectivity index (χ2n) is 3.48. The lowest BCUT2D eigenvalue weighted by Gasteiger charge is -2.11. The van der Waals surface area contributed by atoms with Crippen molar-refractivity contribution >= 4 is 11.8 Å². The highest BCUT2D eigenvalue weighted by Gasteiger charge is 2.19. The molecular formula is C12H14O5. The molecule has 0 saturated carbocycles. The van der Waals surface area contributed by atoms with E-state index in [2.05, 4.69) is 0 Å². The number of carbonyl (C=O) groups excluding carboxylic acids is 1. The van der Waals surface area contributed by atoms with Crippen LogP contribution in [-0.2, 0) is 4.79 Å². The van der Waals surface area contributed by atoms with Gasteiger partial charge < -0.3 is 14.9 Å². The van der Waals surface area contributed by atoms with E-state index in [4.69, 9.17) is 9.84 Å². The van der Waals surface area contributed by atoms with Crippen LogP contribution in [0.15, 0.2) is 18.2 Å². The molecule has 1 aromatic rings. The Morgan fingerprint density at radius 1 is 1.41 bits per heavy atom. The van der Waals surface area contributed by atoms with Crippen LogP contribution in [0.2, 0.25) is 0 Å². The molecule has 0 aliphatic rings. The normalized spacial score (nSPS) is 11.9. The fourth-order valence-corrected chi connectivity index (χ4v) is 1.45. The quantitative estimate of drug-likeness (QED) is 0.757. The van der Waals surface area contributed by atoms with Crippen molar-refractivity contribution in [2.45, 2.75) is 19.4 Å². The first-order chi connectivity index (χ1) is 8.01. The number of aliphatic carboxylic acids is 1. The summed E-state index contributed by atoms with van der Waals surface area (Å²) in [5.41, 5.74) is 0.447. The topological polar surface area (TPSA) is 83.8 Å². The Balaban J connectivity index is 3.22. The number of carbonyl (C=O) groups is 2. The van der Waals surface area contributed by atoms with Crippen LogP contribution in [0.5, 0.6) is 5.75 Å². The van der Waals surface area contributed by atoms with E-state index in [1.807, 2.05) is 0 Å². The molecule has 0 fully saturated rings. The van der Waals surface area contributed by atoms with E-state index >= 15 is 0 Å². The van der Waals surface area contributed by atoms with Gasteiger partial charge in [-0.1, -0.05) is 13.0 Å². The van der Waals surface area contributed by atoms with Gasteiger partial charge in [-0.2, -0.15) is 0 Å². The first kappa shape index (κ1) is 13.2. The van der Waals surface area contributed by atoms with Crippen LogP contribution in [-0.4, -0.2) is 29.1 Å². The van der Waals surface area contributed by atoms with E-state index in [9.17, 15) is 14.7 Å². The number of aliphatic hydroxyl groups excluding tert-OH is 1. The van der Waals surface area contributed by atoms with E-state index < -0.39 is 12.1 Å². The van der Waals surface area contributed by atoms with Gasteiger partial charge in [0, 0.05) is 6.42 Å². The van der Waals surface area contributed by atoms with E-state index in [0.717, 1.165) is 0 Å². The Morgan fingerprint density at radius 3 is 2.53 bits per heavy atom. The third-order valence-corrected chi connectivity index (χ3v) is 2.39. The van der Waals surface area contributed by atoms with Gasteiger partial charge in [-0.25, -0.2) is 4.79 Å². The van der Waals surface area contributed by atoms with Crippen molar-refractivity contribution in [2.75, 3.05) is 7.11 Å². The van der Waals surface area contributed by atoms with Crippen molar-refractivity contribution < 1.29 is 24.5 Å². The molecule has 0 bridgehead atoms. The maximum atomic E-state index is 11.6. The molecule has 0 amide bonds. The van der Waals surface area contributed by atoms with E-state index in [1.54, 1.807) is 6.92 Å². The maximum absolute atomic E-state index is 11.6. The lowest BCUT2D eigenvalue weighted by Crippen LogP contribution is -2.12. The average Bonchev–Trinajstić information content (AvgIpc) is 2.35. The monoisotopic (exact) mass is 238 g/mol. The van der Waals surface area contributed by atoms with Crippen LogP contribution in [0, 0.1) is 0 Å². The molecule has 0 radical (unpaired) electrons. The molecular weight excluding hydrogens is 224 g/mol. The number of hydrogen-bond acceptors (Lipinski definition) is 4. The summed E-state index contributed by atoms with van der Waals surface area (Å²) in [5.74, 6) is -1.15. The Hall–Kier alpha value is -1.88. The third kappa shape index (κ3) is 2.82. The number of ether oxygens (including phenoxy) is 1. The molecule has 0 saturated heterocycles. The zero-order valence-corrected chi connectivity index (χ0v) is 9.64. The summed E-state index contributed by atoms with van der Waals surface area (Å²) in [6, 6.07) is 4.25. The van der Waals surface area contributed by atoms with E-state index in [-0.39, 0.29) is 23.3 Å². The standard InChI is InChI=1S/C12H14O5/c1-3-9(13)8-6-7(11(14)12(15)16)4-5-10(8)17-2/h4-6,11,14H,3H2,1-2H3,(H,15,16). The van der Waals surface area contributed by atoms with E-state index in [1.165, 1.54) is 25.3 Å². The number of ketones is 1. The van der Waals surface area contributed by atoms with Crippen LogP contribution < -0.4 is 4.74 Å². The highest BCUT2D eigenvalue weighted by atomic mass is 16.5. The molecule has 0 aromatic heterocycles. The SMILES string of the molecule is CCC(=O)c1cc(C(O)C(=O)O)ccc1OC. The summed E-state index contributed by atoms with van der Waals surface area (Å²) >= 11 is 0. The van der Waals surface area contributed by atoms with Gasteiger partial charge >= 0.3 is 5.97 Å². The highest BCUT2D eigenvalue weighted by Crippen LogP contribution is 2.24. The molecule has 5 nitrogen and oxygen atoms in total. The molecule has 1 rings (SSSR count). The molecule has 5 heteroatoms. The molecule has 1 atom stereocenters. The van der Waals surface area contributed by atoms with Crippen LogP contribution in [0.1, 0.15) is 35.4 Å². The number of aliphatic hydroxyl groups is 1. The van der Waals surface area contributed by atoms with Gasteiger partial charge in [-0.05, 0) is 17.7 Å². The predicted molar refractivity (Wildman–Crippen MR) is 60.2 cm³/mol. The summed E-state index contributed by atoms with van der Waals surface area (Å²) in [7, 11) is 1.43. The first-order valence-corrected chi connectivity index (χ1v) is 5.13. The Kier molecular flexibility index (Phi) is 4.23. The summed E-state index contributed by atoms with van der Waals surface area (Å²) in [6.07, 6.45) is -1.35. The van der Waals surface area contributed by atoms with Crippen LogP contribution in [0.4, 0.5) is 0 Å². The summed E-state index contributed by atoms with van der Waals surface area (Å²) in [4.78, 5) is 22.3. The third-order valence-electron chi connectivity index (χ3n) is 2.39. The van der Waals surface area contributed by atoms with Crippen molar-refractivity contribution in [1.29, 1.82) is 0 Å². The minimum atomic E-state index is -1.63. The van der Waals surface area contributed by atoms with Crippen LogP contribution in [0.25, 0.3) is 0 Å². The minimum Gasteiger partial charge on any atom is -0.496 e. The van der Waals surface area contributed by atoms with Gasteiger partial charge in [0.2, 0.25) is 0 Å². The number of benzene rings is 1. The molecule has 0 aliphatic carbocycles. The summed E-state index contributed by atoms with van der Waals surface area (Å²) in [6.45, 7) is 1.70. The molecule has 1 aromatic carbocycles. The minimum absolute atomic E-state index is 0.162. The van der Waals surface area contributed by atoms with Gasteiger partial charge in [0.15, 0.2) is 11.9 Å². The van der Waals surface area contributed by atoms with Crippen LogP contribution >= 0.6 is 0 Å². The predicted octanol–water partition coefficient (Wildman–Crippen LogP) is 1.41. The summed E-state index contributed by atoms with van der Waals surface area (Å²) < 4.78 is 5.01. The zero-order chi connectivity index (χ0) is 13.0. The fraction of sp³-hybridized carbons (Fsp3) is 0.333. The number of carboxylic acid groups (broad SMARTS) is 1. The van der Waals surface area contributed by atoms with Gasteiger partial charge in [-0.15, -0.1) is 0 Å². The lowest BCUT2D eigenvalue weighted by molar-refractivity contribution is -0.146. The van der Waals surface area contributed by atoms with Crippen molar-refractivity contribution in [3.05, 3.63) is 29.3 Å². The van der Waals surface area contributed by atoms with Gasteiger partial charge in [0.25, 0.3) is 0 Å². The fourth-order valence-electron chi connectivity index (χ4n) is 1.45. The molecule has 92 valence electrons. The van der Waals surface area contributed by atoms with Crippen molar-refractivity contribution in [1.82, 2.24) is 0 Å². The molecule has 0 spiro atoms. The average molecular weight is 238 g/mol. The second-order valence-corrected chi connectivity index (χ2v) is 3.48. The Bertz CT molecular complexity index is 439. The molecule has 0 aliphatic heterocycles. The van der Waals surface area contributed by atoms with Crippen molar-refractivity contribution in [3.63, 3.8) is 0 Å². The van der Waals surface area contributed by atoms with Crippen LogP contribution in [0.3, 0.4) is 0 Å². The Morgan fingerprint density at radius 2 is 2.06 bits per heavy atom. The molecule has 0 heterocycles. The van der Waals surface area contributed by atoms with Crippen molar-refractivity contribution in [3.8, 4) is 5.75 Å². The number of rotatable bonds is 5. The number of Topliss-reactive ketones (excluding diaryl/α,β-unsaturated/α-hetero) is 1. The number of hydrogen-bond donors (Lipinski definition) is 2. The highest BCUT2D eigenvalue weighted by molar-refractivity contribution is 5.98. The number of methoxy groups -OCH3 is 1. The second kappa shape index (κ2) is 5.45. The molecule has 2 N–H and O–H groups in total. The molecule has 17 heavy (non-hydrogen) atoms. The van der Waals surface area contributed by atoms with Gasteiger partial charge in [0.1, 0.15) is 5.75 Å². The maximum Gasteiger partial charge on any atom is 0.337 e. The first-order valence-electron chi connectivity index (χ1n) is 5.13. The number of carboxylic acids is 1. The summed E-state index contributed by atoms with van der Waals surface area (Å²) in [5, 5.41) is 18.1. The van der Waals surface area contributed by atoms with E-state index in [0.29, 0.717) is 5.75 Å².